The summed E-state index contributed by atoms with van der Waals surface area (Å²) in [6, 6.07) is 4.47. The van der Waals surface area contributed by atoms with Crippen LogP contribution in [0.5, 0.6) is 0 Å². The lowest BCUT2D eigenvalue weighted by atomic mass is 10.0. The Kier molecular flexibility index (Phi) is 6.43. The Hall–Kier alpha value is -0.450. The molecule has 0 bridgehead atoms. The molecule has 1 aromatic rings. The van der Waals surface area contributed by atoms with Crippen LogP contribution in [-0.2, 0) is 0 Å². The van der Waals surface area contributed by atoms with Crippen molar-refractivity contribution >= 4 is 23.2 Å². The van der Waals surface area contributed by atoms with Gasteiger partial charge in [0.2, 0.25) is 0 Å². The maximum atomic E-state index is 12.3. The fourth-order valence-corrected chi connectivity index (χ4v) is 2.33. The molecule has 0 aromatic heterocycles. The van der Waals surface area contributed by atoms with Gasteiger partial charge >= 0.3 is 6.18 Å². The molecular formula is C13H16Cl2F3N. The van der Waals surface area contributed by atoms with Crippen molar-refractivity contribution in [2.75, 3.05) is 6.54 Å². The zero-order valence-corrected chi connectivity index (χ0v) is 12.0. The highest BCUT2D eigenvalue weighted by Crippen LogP contribution is 2.30. The summed E-state index contributed by atoms with van der Waals surface area (Å²) in [5.74, 6) is 0. The molecule has 1 N–H and O–H groups in total. The van der Waals surface area contributed by atoms with Crippen LogP contribution in [0.3, 0.4) is 0 Å². The number of halogens is 5. The molecule has 0 spiro atoms. The molecular weight excluding hydrogens is 298 g/mol. The maximum Gasteiger partial charge on any atom is 0.389 e. The highest BCUT2D eigenvalue weighted by Gasteiger charge is 2.28. The van der Waals surface area contributed by atoms with Crippen molar-refractivity contribution in [2.24, 2.45) is 0 Å². The van der Waals surface area contributed by atoms with Crippen LogP contribution < -0.4 is 5.32 Å². The Labute approximate surface area is 121 Å². The molecule has 19 heavy (non-hydrogen) atoms. The molecule has 0 aliphatic rings. The minimum Gasteiger partial charge on any atom is -0.310 e. The summed E-state index contributed by atoms with van der Waals surface area (Å²) in [6.07, 6.45) is -4.18. The fraction of sp³-hybridized carbons (Fsp3) is 0.538. The van der Waals surface area contributed by atoms with Gasteiger partial charge in [0.15, 0.2) is 0 Å². The smallest absolute Gasteiger partial charge is 0.310 e. The van der Waals surface area contributed by atoms with Crippen LogP contribution in [-0.4, -0.2) is 12.7 Å². The maximum absolute atomic E-state index is 12.3. The second-order valence-electron chi connectivity index (χ2n) is 4.36. The van der Waals surface area contributed by atoms with Gasteiger partial charge in [0.1, 0.15) is 0 Å². The summed E-state index contributed by atoms with van der Waals surface area (Å²) >= 11 is 11.8. The third-order valence-electron chi connectivity index (χ3n) is 2.64. The minimum absolute atomic E-state index is 0.0276. The molecule has 0 fully saturated rings. The van der Waals surface area contributed by atoms with Crippen LogP contribution in [0.1, 0.15) is 37.8 Å². The van der Waals surface area contributed by atoms with Crippen LogP contribution in [0, 0.1) is 0 Å². The summed E-state index contributed by atoms with van der Waals surface area (Å²) in [4.78, 5) is 0. The number of hydrogen-bond acceptors (Lipinski definition) is 1. The number of nitrogens with one attached hydrogen (secondary N) is 1. The van der Waals surface area contributed by atoms with Gasteiger partial charge in [-0.15, -0.1) is 0 Å². The number of benzene rings is 1. The van der Waals surface area contributed by atoms with E-state index in [1.165, 1.54) is 0 Å². The lowest BCUT2D eigenvalue weighted by molar-refractivity contribution is -0.136. The molecule has 108 valence electrons. The Morgan fingerprint density at radius 2 is 1.74 bits per heavy atom. The molecule has 1 atom stereocenters. The molecule has 0 saturated carbocycles. The monoisotopic (exact) mass is 313 g/mol. The van der Waals surface area contributed by atoms with E-state index in [0.717, 1.165) is 6.42 Å². The summed E-state index contributed by atoms with van der Waals surface area (Å²) in [5, 5.41) is 3.95. The number of rotatable bonds is 6. The van der Waals surface area contributed by atoms with Crippen LogP contribution in [0.2, 0.25) is 10.0 Å². The van der Waals surface area contributed by atoms with Gasteiger partial charge in [-0.25, -0.2) is 0 Å². The average molecular weight is 314 g/mol. The highest BCUT2D eigenvalue weighted by molar-refractivity contribution is 6.34. The first-order chi connectivity index (χ1) is 8.81. The van der Waals surface area contributed by atoms with Gasteiger partial charge in [0.05, 0.1) is 0 Å². The van der Waals surface area contributed by atoms with E-state index in [-0.39, 0.29) is 6.42 Å². The first-order valence-electron chi connectivity index (χ1n) is 6.08. The molecule has 0 saturated heterocycles. The third-order valence-corrected chi connectivity index (χ3v) is 3.08. The van der Waals surface area contributed by atoms with Crippen LogP contribution in [0.4, 0.5) is 13.2 Å². The van der Waals surface area contributed by atoms with Gasteiger partial charge < -0.3 is 5.32 Å². The summed E-state index contributed by atoms with van der Waals surface area (Å²) in [5.41, 5.74) is 0.690. The quantitative estimate of drug-likeness (QED) is 0.743. The predicted octanol–water partition coefficient (Wildman–Crippen LogP) is 5.38. The topological polar surface area (TPSA) is 12.0 Å². The van der Waals surface area contributed by atoms with Crippen LogP contribution in [0.15, 0.2) is 18.2 Å². The summed E-state index contributed by atoms with van der Waals surface area (Å²) in [7, 11) is 0. The van der Waals surface area contributed by atoms with Gasteiger partial charge in [-0.2, -0.15) is 13.2 Å². The van der Waals surface area contributed by atoms with Gasteiger partial charge in [-0.1, -0.05) is 30.1 Å². The number of hydrogen-bond donors (Lipinski definition) is 1. The van der Waals surface area contributed by atoms with E-state index in [9.17, 15) is 13.2 Å². The lowest BCUT2D eigenvalue weighted by Crippen LogP contribution is -2.24. The van der Waals surface area contributed by atoms with E-state index in [1.807, 2.05) is 6.92 Å². The van der Waals surface area contributed by atoms with Crippen molar-refractivity contribution in [1.29, 1.82) is 0 Å². The van der Waals surface area contributed by atoms with E-state index < -0.39 is 18.6 Å². The molecule has 1 unspecified atom stereocenters. The largest absolute Gasteiger partial charge is 0.389 e. The van der Waals surface area contributed by atoms with Gasteiger partial charge in [0, 0.05) is 22.5 Å². The lowest BCUT2D eigenvalue weighted by Gasteiger charge is -2.20. The number of alkyl halides is 3. The zero-order valence-electron chi connectivity index (χ0n) is 10.5. The molecule has 0 heterocycles. The first kappa shape index (κ1) is 16.6. The Balaban J connectivity index is 2.82. The molecule has 0 aliphatic heterocycles. The van der Waals surface area contributed by atoms with Crippen molar-refractivity contribution in [1.82, 2.24) is 5.32 Å². The second-order valence-corrected chi connectivity index (χ2v) is 5.24. The van der Waals surface area contributed by atoms with Crippen molar-refractivity contribution in [3.63, 3.8) is 0 Å². The standard InChI is InChI=1S/C13H16Cl2F3N/c1-2-5-19-12(3-4-13(16,17)18)9-6-10(14)8-11(15)7-9/h6-8,12,19H,2-5H2,1H3. The molecule has 6 heteroatoms. The SMILES string of the molecule is CCCNC(CCC(F)(F)F)c1cc(Cl)cc(Cl)c1. The molecule has 1 nitrogen and oxygen atoms in total. The second kappa shape index (κ2) is 7.36. The van der Waals surface area contributed by atoms with Crippen molar-refractivity contribution in [2.45, 2.75) is 38.4 Å². The summed E-state index contributed by atoms with van der Waals surface area (Å²) < 4.78 is 37.0. The van der Waals surface area contributed by atoms with Crippen molar-refractivity contribution in [3.05, 3.63) is 33.8 Å². The summed E-state index contributed by atoms with van der Waals surface area (Å²) in [6.45, 7) is 2.60. The highest BCUT2D eigenvalue weighted by atomic mass is 35.5. The predicted molar refractivity (Wildman–Crippen MR) is 72.8 cm³/mol. The zero-order chi connectivity index (χ0) is 14.5. The van der Waals surface area contributed by atoms with Crippen molar-refractivity contribution in [3.8, 4) is 0 Å². The molecule has 1 rings (SSSR count). The fourth-order valence-electron chi connectivity index (χ4n) is 1.79. The molecule has 0 radical (unpaired) electrons. The van der Waals surface area contributed by atoms with Gasteiger partial charge in [-0.3, -0.25) is 0 Å². The minimum atomic E-state index is -4.16. The first-order valence-corrected chi connectivity index (χ1v) is 6.83. The van der Waals surface area contributed by atoms with E-state index in [4.69, 9.17) is 23.2 Å². The Morgan fingerprint density at radius 3 is 2.21 bits per heavy atom. The van der Waals surface area contributed by atoms with Crippen molar-refractivity contribution < 1.29 is 13.2 Å². The normalized spacial score (nSPS) is 13.6. The van der Waals surface area contributed by atoms with Crippen LogP contribution >= 0.6 is 23.2 Å². The van der Waals surface area contributed by atoms with E-state index in [0.29, 0.717) is 22.2 Å². The Bertz CT molecular complexity index is 387. The van der Waals surface area contributed by atoms with E-state index >= 15 is 0 Å². The van der Waals surface area contributed by atoms with Gasteiger partial charge in [0.25, 0.3) is 0 Å². The van der Waals surface area contributed by atoms with E-state index in [2.05, 4.69) is 5.32 Å². The Morgan fingerprint density at radius 1 is 1.16 bits per heavy atom. The third kappa shape index (κ3) is 6.50. The molecule has 0 aliphatic carbocycles. The van der Waals surface area contributed by atoms with E-state index in [1.54, 1.807) is 18.2 Å². The molecule has 1 aromatic carbocycles. The average Bonchev–Trinajstić information content (AvgIpc) is 2.26. The van der Waals surface area contributed by atoms with Crippen LogP contribution in [0.25, 0.3) is 0 Å². The molecule has 0 amide bonds. The van der Waals surface area contributed by atoms with Gasteiger partial charge in [-0.05, 0) is 43.1 Å².